The zero-order valence-corrected chi connectivity index (χ0v) is 40.9. The Labute approximate surface area is 421 Å². The monoisotopic (exact) mass is 1480 g/mol. The van der Waals surface area contributed by atoms with Crippen LogP contribution in [0.3, 0.4) is 0 Å². The summed E-state index contributed by atoms with van der Waals surface area (Å²) in [4.78, 5) is 22.4. The van der Waals surface area contributed by atoms with Gasteiger partial charge in [0.15, 0.2) is 0 Å². The molecule has 8 N–H and O–H groups in total. The molecule has 54 heavy (non-hydrogen) atoms. The van der Waals surface area contributed by atoms with Crippen molar-refractivity contribution >= 4 is 0 Å². The van der Waals surface area contributed by atoms with Crippen LogP contribution in [0.5, 0.6) is 0 Å². The maximum atomic E-state index is 2.81. The quantitative estimate of drug-likeness (QED) is 0.123. The van der Waals surface area contributed by atoms with E-state index in [0.29, 0.717) is 0 Å². The number of aromatic amines is 8. The topological polar surface area (TPSA) is 861 Å². The van der Waals surface area contributed by atoms with Crippen LogP contribution < -0.4 is 19.9 Å². The molecule has 0 amide bonds. The smallest absolute Gasteiger partial charge is 0.239 e. The summed E-state index contributed by atoms with van der Waals surface area (Å²) < 4.78 is 0. The van der Waals surface area contributed by atoms with Gasteiger partial charge in [0.25, 0.3) is 0 Å². The molecule has 0 aliphatic carbocycles. The third-order valence-corrected chi connectivity index (χ3v) is 1.77. The van der Waals surface area contributed by atoms with Gasteiger partial charge in [-0.3, -0.25) is 39.9 Å². The van der Waals surface area contributed by atoms with Gasteiger partial charge in [-0.1, -0.05) is 0 Å². The van der Waals surface area contributed by atoms with Crippen molar-refractivity contribution < 1.29 is 331 Å². The number of hydrogen-bond acceptors (Lipinski definition) is 0. The van der Waals surface area contributed by atoms with Gasteiger partial charge in [0.2, 0.25) is 25.3 Å². The number of nitrogens with one attached hydrogen (secondary N) is 8. The first kappa shape index (κ1) is 359. The predicted molar refractivity (Wildman–Crippen MR) is 87.2 cm³/mol. The summed E-state index contributed by atoms with van der Waals surface area (Å²) in [6, 6.07) is 0. The van der Waals surface area contributed by atoms with Crippen LogP contribution in [-0.4, -0.2) is 19.9 Å². The van der Waals surface area contributed by atoms with Crippen molar-refractivity contribution in [1.82, 2.24) is 19.9 Å². The second-order valence-electron chi connectivity index (χ2n) is 3.24. The molecule has 0 aliphatic rings. The molecule has 34 nitrogen and oxygen atoms in total. The van der Waals surface area contributed by atoms with Crippen LogP contribution in [-0.2, 0) is 311 Å². The molecule has 0 radical (unpaired) electrons. The molecular weight excluding hydrogens is 1440 g/mol. The number of aromatic nitrogens is 8. The molecule has 0 saturated carbocycles. The summed E-state index contributed by atoms with van der Waals surface area (Å²) in [6.45, 7) is 0. The SMILES string of the molecule is [Mo].[Mo].[Mo].[Mo].[Mo].[Mo].[Mo].[Mo].[O-2].[O-2].[O-2].[O-2].[O-2].[O-2].[O-2].[O-2].[O-2].[O-2].[O-2].[O-2].[O-2].[O-2].[O-2].[O-2].[O-2].[O-2].[O-2].[O-2].[O-2].[O-2].[O-2].[O-2].[O-2].[O-2].c1c[nH+]c[nH]1.c1c[nH+]c[nH]1.c1c[nH+]c[nH]1.c1c[nH+]c[nH]1. The number of rotatable bonds is 0. The van der Waals surface area contributed by atoms with Gasteiger partial charge in [0.1, 0.15) is 49.6 Å². The Balaban J connectivity index is -0.00000000255. The molecule has 4 rings (SSSR count). The zero-order valence-electron chi connectivity index (χ0n) is 24.8. The fourth-order valence-electron chi connectivity index (χ4n) is 0.962. The minimum absolute atomic E-state index is 0. The standard InChI is InChI=1S/4C3H4N2.8Mo.26O/c4*1-2-5-3-4-1;;;;;;;;;;;;;;;;;;;;;;;;;;;;;;;;;;/h4*1-3H,(H,4,5);;;;;;;;;;;;;;;;;;;;;;;;;;;;;;;;;;/q;;;;;;;;;;;;26*-2/p+4. The van der Waals surface area contributed by atoms with Crippen molar-refractivity contribution in [3.63, 3.8) is 0 Å². The van der Waals surface area contributed by atoms with E-state index >= 15 is 0 Å². The Hall–Kier alpha value is 1.31. The molecule has 0 fully saturated rings. The van der Waals surface area contributed by atoms with Gasteiger partial charge in [-0.2, -0.15) is 0 Å². The first-order chi connectivity index (χ1) is 10.0. The molecule has 4 aromatic rings. The molecule has 0 unspecified atom stereocenters. The van der Waals surface area contributed by atoms with Gasteiger partial charge in [-0.15, -0.1) is 0 Å². The van der Waals surface area contributed by atoms with Crippen molar-refractivity contribution in [2.75, 3.05) is 0 Å². The zero-order chi connectivity index (χ0) is 14.1. The molecular formula is C12H20Mo8N8O26-48. The molecule has 360 valence electrons. The van der Waals surface area contributed by atoms with E-state index < -0.39 is 0 Å². The summed E-state index contributed by atoms with van der Waals surface area (Å²) in [5, 5.41) is 0. The van der Waals surface area contributed by atoms with Gasteiger partial charge < -0.3 is 142 Å². The molecule has 0 saturated heterocycles. The number of hydrogen-bond donors (Lipinski definition) is 4. The van der Waals surface area contributed by atoms with Crippen LogP contribution in [0.15, 0.2) is 74.9 Å². The molecule has 0 aromatic carbocycles. The van der Waals surface area contributed by atoms with Crippen LogP contribution in [0.1, 0.15) is 0 Å². The van der Waals surface area contributed by atoms with Crippen LogP contribution in [0, 0.1) is 0 Å². The second kappa shape index (κ2) is 340. The maximum Gasteiger partial charge on any atom is 0.239 e. The van der Waals surface area contributed by atoms with E-state index in [1.165, 1.54) is 0 Å². The first-order valence-corrected chi connectivity index (χ1v) is 5.95. The molecule has 4 heterocycles. The number of H-pyrrole nitrogens is 8. The largest absolute Gasteiger partial charge is 2.00 e. The van der Waals surface area contributed by atoms with E-state index in [2.05, 4.69) is 39.9 Å². The molecule has 0 bridgehead atoms. The fourth-order valence-corrected chi connectivity index (χ4v) is 0.962. The van der Waals surface area contributed by atoms with Gasteiger partial charge in [-0.05, 0) is 0 Å². The molecule has 0 atom stereocenters. The Morgan fingerprint density at radius 1 is 0.185 bits per heavy atom. The number of imidazole rings is 4. The Kier molecular flexibility index (Phi) is 2260. The van der Waals surface area contributed by atoms with Crippen LogP contribution in [0.25, 0.3) is 0 Å². The average molecular weight is 1460 g/mol. The van der Waals surface area contributed by atoms with E-state index in [4.69, 9.17) is 0 Å². The van der Waals surface area contributed by atoms with E-state index in [9.17, 15) is 0 Å². The summed E-state index contributed by atoms with van der Waals surface area (Å²) in [6.07, 6.45) is 21.6. The van der Waals surface area contributed by atoms with Crippen LogP contribution in [0.4, 0.5) is 0 Å². The Bertz CT molecular complexity index is 429. The summed E-state index contributed by atoms with van der Waals surface area (Å²) >= 11 is 0. The van der Waals surface area contributed by atoms with Crippen LogP contribution in [0.2, 0.25) is 0 Å². The van der Waals surface area contributed by atoms with Crippen molar-refractivity contribution in [3.05, 3.63) is 74.9 Å². The van der Waals surface area contributed by atoms with Crippen molar-refractivity contribution in [3.8, 4) is 0 Å². The summed E-state index contributed by atoms with van der Waals surface area (Å²) in [7, 11) is 0. The molecule has 42 heteroatoms. The van der Waals surface area contributed by atoms with E-state index in [1.54, 1.807) is 25.3 Å². The Morgan fingerprint density at radius 2 is 0.278 bits per heavy atom. The molecule has 0 spiro atoms. The maximum absolute atomic E-state index is 2.81. The third-order valence-electron chi connectivity index (χ3n) is 1.77. The third kappa shape index (κ3) is 321. The minimum Gasteiger partial charge on any atom is -2.00 e. The Morgan fingerprint density at radius 3 is 0.296 bits per heavy atom. The second-order valence-corrected chi connectivity index (χ2v) is 3.24. The van der Waals surface area contributed by atoms with Crippen LogP contribution >= 0.6 is 0 Å². The van der Waals surface area contributed by atoms with Crippen molar-refractivity contribution in [1.29, 1.82) is 0 Å². The van der Waals surface area contributed by atoms with Crippen molar-refractivity contribution in [2.45, 2.75) is 0 Å². The minimum atomic E-state index is 0. The molecule has 0 aliphatic heterocycles. The average Bonchev–Trinajstić information content (AvgIpc) is 3.40. The predicted octanol–water partition coefficient (Wildman–Crippen LogP) is -3.79. The van der Waals surface area contributed by atoms with E-state index in [-0.39, 0.29) is 311 Å². The van der Waals surface area contributed by atoms with E-state index in [1.807, 2.05) is 49.6 Å². The summed E-state index contributed by atoms with van der Waals surface area (Å²) in [5.41, 5.74) is 0. The normalized spacial score (nSPS) is 2.96. The summed E-state index contributed by atoms with van der Waals surface area (Å²) in [5.74, 6) is 0. The van der Waals surface area contributed by atoms with Crippen molar-refractivity contribution in [2.24, 2.45) is 0 Å². The fraction of sp³-hybridized carbons (Fsp3) is 0. The van der Waals surface area contributed by atoms with Gasteiger partial charge in [0.05, 0.1) is 0 Å². The molecule has 4 aromatic heterocycles. The van der Waals surface area contributed by atoms with Gasteiger partial charge in [-0.25, -0.2) is 0 Å². The van der Waals surface area contributed by atoms with Gasteiger partial charge in [0, 0.05) is 169 Å². The first-order valence-electron chi connectivity index (χ1n) is 5.95. The van der Waals surface area contributed by atoms with Gasteiger partial charge >= 0.3 is 0 Å². The van der Waals surface area contributed by atoms with E-state index in [0.717, 1.165) is 0 Å².